The van der Waals surface area contributed by atoms with Crippen LogP contribution in [-0.4, -0.2) is 31.6 Å². The molecule has 29 heavy (non-hydrogen) atoms. The maximum atomic E-state index is 13.3. The van der Waals surface area contributed by atoms with E-state index in [-0.39, 0.29) is 17.6 Å². The van der Waals surface area contributed by atoms with Gasteiger partial charge in [0.25, 0.3) is 5.69 Å². The fourth-order valence-electron chi connectivity index (χ4n) is 3.90. The summed E-state index contributed by atoms with van der Waals surface area (Å²) in [5.74, 6) is 0.980. The van der Waals surface area contributed by atoms with Gasteiger partial charge in [-0.2, -0.15) is 4.73 Å². The molecule has 1 aliphatic heterocycles. The Morgan fingerprint density at radius 1 is 1.03 bits per heavy atom. The average Bonchev–Trinajstić information content (AvgIpc) is 2.77. The van der Waals surface area contributed by atoms with E-state index in [0.29, 0.717) is 29.2 Å². The fraction of sp³-hybridized carbons (Fsp3) is 0.217. The number of aromatic nitrogens is 1. The van der Waals surface area contributed by atoms with Gasteiger partial charge < -0.3 is 19.6 Å². The van der Waals surface area contributed by atoms with Gasteiger partial charge in [-0.05, 0) is 41.3 Å². The van der Waals surface area contributed by atoms with E-state index >= 15 is 0 Å². The number of pyridine rings is 1. The van der Waals surface area contributed by atoms with Crippen molar-refractivity contribution in [3.05, 3.63) is 94.5 Å². The van der Waals surface area contributed by atoms with Gasteiger partial charge in [0.15, 0.2) is 17.7 Å². The highest BCUT2D eigenvalue weighted by molar-refractivity contribution is 5.91. The van der Waals surface area contributed by atoms with Gasteiger partial charge in [-0.15, -0.1) is 0 Å². The highest BCUT2D eigenvalue weighted by Crippen LogP contribution is 2.41. The van der Waals surface area contributed by atoms with Crippen molar-refractivity contribution in [3.63, 3.8) is 0 Å². The van der Waals surface area contributed by atoms with Gasteiger partial charge in [-0.25, -0.2) is 0 Å². The van der Waals surface area contributed by atoms with E-state index in [1.807, 2.05) is 42.5 Å². The first-order chi connectivity index (χ1) is 14.1. The Morgan fingerprint density at radius 3 is 2.41 bits per heavy atom. The highest BCUT2D eigenvalue weighted by atomic mass is 16.5. The average molecular weight is 390 g/mol. The number of nitrogens with zero attached hydrogens (tertiary/aromatic N) is 2. The predicted molar refractivity (Wildman–Crippen MR) is 108 cm³/mol. The molecule has 1 amide bonds. The summed E-state index contributed by atoms with van der Waals surface area (Å²) in [5.41, 5.74) is 3.16. The lowest BCUT2D eigenvalue weighted by molar-refractivity contribution is -0.608. The third-order valence-electron chi connectivity index (χ3n) is 5.29. The van der Waals surface area contributed by atoms with Gasteiger partial charge in [-0.1, -0.05) is 30.3 Å². The number of amides is 1. The predicted octanol–water partition coefficient (Wildman–Crippen LogP) is 3.13. The lowest BCUT2D eigenvalue weighted by atomic mass is 9.87. The molecular formula is C23H22N2O4. The molecule has 1 unspecified atom stereocenters. The fourth-order valence-corrected chi connectivity index (χ4v) is 3.90. The van der Waals surface area contributed by atoms with Crippen molar-refractivity contribution in [1.82, 2.24) is 4.90 Å². The molecule has 2 aromatic carbocycles. The molecule has 6 heteroatoms. The Kier molecular flexibility index (Phi) is 5.08. The summed E-state index contributed by atoms with van der Waals surface area (Å²) in [4.78, 5) is 15.1. The van der Waals surface area contributed by atoms with E-state index in [0.717, 1.165) is 16.7 Å². The summed E-state index contributed by atoms with van der Waals surface area (Å²) >= 11 is 0. The zero-order valence-electron chi connectivity index (χ0n) is 16.4. The van der Waals surface area contributed by atoms with Crippen molar-refractivity contribution in [3.8, 4) is 11.5 Å². The first kappa shape index (κ1) is 18.8. The van der Waals surface area contributed by atoms with Crippen LogP contribution in [0.1, 0.15) is 33.2 Å². The number of hydrogen-bond acceptors (Lipinski definition) is 4. The van der Waals surface area contributed by atoms with Crippen LogP contribution in [0.25, 0.3) is 0 Å². The van der Waals surface area contributed by atoms with Crippen molar-refractivity contribution >= 4 is 5.91 Å². The van der Waals surface area contributed by atoms with E-state index in [1.54, 1.807) is 37.3 Å². The monoisotopic (exact) mass is 390 g/mol. The Labute approximate surface area is 169 Å². The van der Waals surface area contributed by atoms with Gasteiger partial charge >= 0.3 is 5.91 Å². The molecule has 0 aliphatic carbocycles. The molecule has 0 radical (unpaired) electrons. The van der Waals surface area contributed by atoms with Crippen molar-refractivity contribution in [2.75, 3.05) is 20.8 Å². The molecule has 6 nitrogen and oxygen atoms in total. The van der Waals surface area contributed by atoms with Crippen LogP contribution in [0.3, 0.4) is 0 Å². The molecule has 1 aromatic heterocycles. The molecule has 0 saturated heterocycles. The molecule has 0 spiro atoms. The SMILES string of the molecule is COc1cc2c(cc1OC)C(c1ccccc1)N(C(=O)c1cccc[n+]1[O-])CC2. The lowest BCUT2D eigenvalue weighted by Gasteiger charge is -2.37. The normalized spacial score (nSPS) is 15.5. The van der Waals surface area contributed by atoms with Gasteiger partial charge in [0.1, 0.15) is 0 Å². The molecular weight excluding hydrogens is 368 g/mol. The van der Waals surface area contributed by atoms with Gasteiger partial charge in [0, 0.05) is 18.7 Å². The van der Waals surface area contributed by atoms with Crippen molar-refractivity contribution in [2.24, 2.45) is 0 Å². The third kappa shape index (κ3) is 3.38. The summed E-state index contributed by atoms with van der Waals surface area (Å²) < 4.78 is 11.6. The van der Waals surface area contributed by atoms with E-state index in [1.165, 1.54) is 6.20 Å². The van der Waals surface area contributed by atoms with Crippen LogP contribution in [0.2, 0.25) is 0 Å². The molecule has 0 fully saturated rings. The number of methoxy groups -OCH3 is 2. The second-order valence-corrected chi connectivity index (χ2v) is 6.88. The largest absolute Gasteiger partial charge is 0.618 e. The quantitative estimate of drug-likeness (QED) is 0.507. The number of hydrogen-bond donors (Lipinski definition) is 0. The van der Waals surface area contributed by atoms with Crippen LogP contribution in [-0.2, 0) is 6.42 Å². The number of ether oxygens (including phenoxy) is 2. The van der Waals surface area contributed by atoms with E-state index in [4.69, 9.17) is 9.47 Å². The van der Waals surface area contributed by atoms with E-state index < -0.39 is 0 Å². The topological polar surface area (TPSA) is 65.7 Å². The van der Waals surface area contributed by atoms with Crippen LogP contribution in [0.4, 0.5) is 0 Å². The Hall–Kier alpha value is -3.54. The summed E-state index contributed by atoms with van der Waals surface area (Å²) in [7, 11) is 3.21. The van der Waals surface area contributed by atoms with Crippen LogP contribution < -0.4 is 14.2 Å². The third-order valence-corrected chi connectivity index (χ3v) is 5.29. The van der Waals surface area contributed by atoms with Crippen LogP contribution in [0.5, 0.6) is 11.5 Å². The smallest absolute Gasteiger partial charge is 0.320 e. The number of carbonyl (C=O) groups excluding carboxylic acids is 1. The Balaban J connectivity index is 1.86. The van der Waals surface area contributed by atoms with Gasteiger partial charge in [0.2, 0.25) is 0 Å². The van der Waals surface area contributed by atoms with Gasteiger partial charge in [-0.3, -0.25) is 4.79 Å². The van der Waals surface area contributed by atoms with Crippen LogP contribution in [0, 0.1) is 5.21 Å². The highest BCUT2D eigenvalue weighted by Gasteiger charge is 2.36. The van der Waals surface area contributed by atoms with Crippen LogP contribution >= 0.6 is 0 Å². The Morgan fingerprint density at radius 2 is 1.72 bits per heavy atom. The minimum atomic E-state index is -0.326. The summed E-state index contributed by atoms with van der Waals surface area (Å²) in [6.07, 6.45) is 2.01. The van der Waals surface area contributed by atoms with E-state index in [2.05, 4.69) is 0 Å². The molecule has 0 bridgehead atoms. The molecule has 1 atom stereocenters. The lowest BCUT2D eigenvalue weighted by Crippen LogP contribution is -2.45. The molecule has 0 N–H and O–H groups in total. The number of rotatable bonds is 4. The Bertz CT molecular complexity index is 1040. The van der Waals surface area contributed by atoms with Crippen molar-refractivity contribution in [1.29, 1.82) is 0 Å². The standard InChI is InChI=1S/C23H22N2O4/c1-28-20-14-17-11-13-24(23(26)19-10-6-7-12-25(19)27)22(16-8-4-3-5-9-16)18(17)15-21(20)29-2/h3-10,12,14-15,22H,11,13H2,1-2H3. The molecule has 1 aliphatic rings. The molecule has 3 aromatic rings. The minimum Gasteiger partial charge on any atom is -0.618 e. The minimum absolute atomic E-state index is 0.109. The van der Waals surface area contributed by atoms with Crippen LogP contribution in [0.15, 0.2) is 66.9 Å². The van der Waals surface area contributed by atoms with Crippen molar-refractivity contribution < 1.29 is 19.0 Å². The second-order valence-electron chi connectivity index (χ2n) is 6.88. The summed E-state index contributed by atoms with van der Waals surface area (Å²) in [5, 5.41) is 12.2. The first-order valence-electron chi connectivity index (χ1n) is 9.43. The zero-order chi connectivity index (χ0) is 20.4. The first-order valence-corrected chi connectivity index (χ1v) is 9.43. The molecule has 0 saturated carbocycles. The number of fused-ring (bicyclic) bond motifs is 1. The van der Waals surface area contributed by atoms with E-state index in [9.17, 15) is 10.0 Å². The second kappa shape index (κ2) is 7.83. The maximum Gasteiger partial charge on any atom is 0.320 e. The zero-order valence-corrected chi connectivity index (χ0v) is 16.4. The summed E-state index contributed by atoms with van der Waals surface area (Å²) in [6, 6.07) is 18.3. The summed E-state index contributed by atoms with van der Waals surface area (Å²) in [6.45, 7) is 0.496. The molecule has 4 rings (SSSR count). The molecule has 2 heterocycles. The number of benzene rings is 2. The van der Waals surface area contributed by atoms with Gasteiger partial charge in [0.05, 0.1) is 20.3 Å². The van der Waals surface area contributed by atoms with Crippen molar-refractivity contribution in [2.45, 2.75) is 12.5 Å². The number of carbonyl (C=O) groups is 1. The molecule has 148 valence electrons. The maximum absolute atomic E-state index is 13.3.